The summed E-state index contributed by atoms with van der Waals surface area (Å²) in [7, 11) is 0.233. The molecule has 0 spiro atoms. The highest BCUT2D eigenvalue weighted by Crippen LogP contribution is 2.39. The van der Waals surface area contributed by atoms with Gasteiger partial charge in [-0.3, -0.25) is 4.79 Å². The number of nitrogens with zero attached hydrogens (tertiary/aromatic N) is 2. The summed E-state index contributed by atoms with van der Waals surface area (Å²) in [4.78, 5) is 13.0. The molecule has 1 unspecified atom stereocenters. The van der Waals surface area contributed by atoms with Crippen molar-refractivity contribution in [2.45, 2.75) is 71.7 Å². The summed E-state index contributed by atoms with van der Waals surface area (Å²) in [5.74, 6) is -0.227. The molecule has 1 atom stereocenters. The van der Waals surface area contributed by atoms with Crippen LogP contribution in [0.4, 0.5) is 0 Å². The van der Waals surface area contributed by atoms with Crippen molar-refractivity contribution >= 4 is 17.0 Å². The molecule has 188 valence electrons. The lowest BCUT2D eigenvalue weighted by molar-refractivity contribution is -0.141. The van der Waals surface area contributed by atoms with Gasteiger partial charge in [0.2, 0.25) is 0 Å². The van der Waals surface area contributed by atoms with E-state index in [0.717, 1.165) is 41.8 Å². The molecule has 2 heterocycles. The number of benzene rings is 1. The van der Waals surface area contributed by atoms with Crippen molar-refractivity contribution in [3.8, 4) is 0 Å². The second kappa shape index (κ2) is 11.6. The van der Waals surface area contributed by atoms with Gasteiger partial charge >= 0.3 is 5.97 Å². The Labute approximate surface area is 207 Å². The van der Waals surface area contributed by atoms with Gasteiger partial charge in [0.25, 0.3) is 0 Å². The van der Waals surface area contributed by atoms with Crippen molar-refractivity contribution in [3.63, 3.8) is 0 Å². The first-order valence-electron chi connectivity index (χ1n) is 12.4. The van der Waals surface area contributed by atoms with Gasteiger partial charge in [0.15, 0.2) is 0 Å². The van der Waals surface area contributed by atoms with Crippen molar-refractivity contribution in [1.82, 2.24) is 8.87 Å². The van der Waals surface area contributed by atoms with Crippen LogP contribution >= 0.6 is 0 Å². The van der Waals surface area contributed by atoms with Gasteiger partial charge in [-0.1, -0.05) is 45.9 Å². The lowest BCUT2D eigenvalue weighted by atomic mass is 9.76. The number of ether oxygens (including phenoxy) is 2. The lowest BCUT2D eigenvalue weighted by Gasteiger charge is -2.31. The van der Waals surface area contributed by atoms with Gasteiger partial charge in [0.1, 0.15) is 17.5 Å². The molecule has 1 aliphatic heterocycles. The number of hydrogen-bond donors (Lipinski definition) is 0. The number of fused-ring (bicyclic) bond motifs is 1. The van der Waals surface area contributed by atoms with Gasteiger partial charge in [0, 0.05) is 30.9 Å². The van der Waals surface area contributed by atoms with Crippen LogP contribution in [0.3, 0.4) is 0 Å². The maximum Gasteiger partial charge on any atom is 0.325 e. The quantitative estimate of drug-likeness (QED) is 0.564. The predicted molar refractivity (Wildman–Crippen MR) is 136 cm³/mol. The highest BCUT2D eigenvalue weighted by Gasteiger charge is 2.32. The Bertz CT molecular complexity index is 1020. The van der Waals surface area contributed by atoms with Gasteiger partial charge in [-0.25, -0.2) is 8.51 Å². The zero-order valence-electron chi connectivity index (χ0n) is 21.6. The van der Waals surface area contributed by atoms with Crippen LogP contribution in [0.1, 0.15) is 62.2 Å². The summed E-state index contributed by atoms with van der Waals surface area (Å²) in [5.41, 5.74) is 6.29. The lowest BCUT2D eigenvalue weighted by Crippen LogP contribution is -2.37. The average molecular weight is 489 g/mol. The van der Waals surface area contributed by atoms with Crippen LogP contribution in [-0.4, -0.2) is 52.5 Å². The summed E-state index contributed by atoms with van der Waals surface area (Å²) in [6.45, 7) is 13.5. The molecular weight excluding hydrogens is 448 g/mol. The minimum atomic E-state index is -1.21. The molecule has 0 N–H and O–H groups in total. The molecule has 0 amide bonds. The van der Waals surface area contributed by atoms with Crippen molar-refractivity contribution in [2.24, 2.45) is 5.41 Å². The Balaban J connectivity index is 0.00000158. The van der Waals surface area contributed by atoms with E-state index < -0.39 is 11.0 Å². The van der Waals surface area contributed by atoms with E-state index in [0.29, 0.717) is 26.3 Å². The summed E-state index contributed by atoms with van der Waals surface area (Å²) in [6, 6.07) is 8.05. The molecule has 34 heavy (non-hydrogen) atoms. The summed E-state index contributed by atoms with van der Waals surface area (Å²) in [6.07, 6.45) is 3.79. The fourth-order valence-corrected chi connectivity index (χ4v) is 6.25. The maximum atomic E-state index is 13.4. The molecule has 2 aromatic rings. The van der Waals surface area contributed by atoms with Crippen LogP contribution in [0.15, 0.2) is 29.2 Å². The number of morpholine rings is 1. The third-order valence-corrected chi connectivity index (χ3v) is 8.43. The Morgan fingerprint density at radius 3 is 2.53 bits per heavy atom. The monoisotopic (exact) mass is 488 g/mol. The van der Waals surface area contributed by atoms with Crippen LogP contribution in [0.25, 0.3) is 0 Å². The van der Waals surface area contributed by atoms with Crippen molar-refractivity contribution in [3.05, 3.63) is 52.3 Å². The second-order valence-electron chi connectivity index (χ2n) is 9.57. The standard InChI is InChI=1S/C25H34N2O4S.C2H6/c1-18-21(20-9-10-25(2,3)16-22(20)27(18)17-24(28)30-4)15-19-7-5-6-8-23(19)32(29)26-11-13-31-14-12-26;1-2/h5-8H,9-17H2,1-4H3;1-2H3. The average Bonchev–Trinajstić information content (AvgIpc) is 3.09. The Hall–Kier alpha value is -1.96. The van der Waals surface area contributed by atoms with E-state index in [-0.39, 0.29) is 17.9 Å². The van der Waals surface area contributed by atoms with Crippen molar-refractivity contribution in [2.75, 3.05) is 33.4 Å². The zero-order chi connectivity index (χ0) is 24.9. The predicted octanol–water partition coefficient (Wildman–Crippen LogP) is 4.46. The van der Waals surface area contributed by atoms with Crippen molar-refractivity contribution in [1.29, 1.82) is 0 Å². The number of rotatable bonds is 6. The first-order chi connectivity index (χ1) is 16.3. The molecular formula is C27H40N2O4S. The minimum absolute atomic E-state index is 0.207. The summed E-state index contributed by atoms with van der Waals surface area (Å²) < 4.78 is 27.9. The van der Waals surface area contributed by atoms with Gasteiger partial charge in [-0.05, 0) is 54.4 Å². The van der Waals surface area contributed by atoms with Crippen LogP contribution in [-0.2, 0) is 51.1 Å². The van der Waals surface area contributed by atoms with Crippen LogP contribution in [0.2, 0.25) is 0 Å². The first-order valence-corrected chi connectivity index (χ1v) is 13.5. The largest absolute Gasteiger partial charge is 0.468 e. The maximum absolute atomic E-state index is 13.4. The number of methoxy groups -OCH3 is 1. The van der Waals surface area contributed by atoms with E-state index in [1.54, 1.807) is 0 Å². The number of carbonyl (C=O) groups is 1. The van der Waals surface area contributed by atoms with Crippen molar-refractivity contribution < 1.29 is 18.5 Å². The summed E-state index contributed by atoms with van der Waals surface area (Å²) in [5, 5.41) is 0. The third kappa shape index (κ3) is 5.81. The SMILES string of the molecule is CC.COC(=O)Cn1c(C)c(Cc2ccccc2S(=O)N2CCOCC2)c2c1CC(C)(C)CC2. The van der Waals surface area contributed by atoms with Crippen LogP contribution in [0.5, 0.6) is 0 Å². The third-order valence-electron chi connectivity index (χ3n) is 6.83. The number of esters is 1. The van der Waals surface area contributed by atoms with Gasteiger partial charge < -0.3 is 14.0 Å². The van der Waals surface area contributed by atoms with Gasteiger partial charge in [-0.2, -0.15) is 0 Å². The molecule has 1 saturated heterocycles. The van der Waals surface area contributed by atoms with Crippen LogP contribution < -0.4 is 0 Å². The smallest absolute Gasteiger partial charge is 0.325 e. The van der Waals surface area contributed by atoms with E-state index in [1.807, 2.05) is 36.4 Å². The molecule has 2 aliphatic rings. The molecule has 1 aliphatic carbocycles. The highest BCUT2D eigenvalue weighted by molar-refractivity contribution is 7.82. The van der Waals surface area contributed by atoms with E-state index in [1.165, 1.54) is 23.9 Å². The Morgan fingerprint density at radius 2 is 1.85 bits per heavy atom. The minimum Gasteiger partial charge on any atom is -0.468 e. The van der Waals surface area contributed by atoms with E-state index in [4.69, 9.17) is 9.47 Å². The molecule has 1 aromatic carbocycles. The zero-order valence-corrected chi connectivity index (χ0v) is 22.4. The topological polar surface area (TPSA) is 60.8 Å². The molecule has 7 heteroatoms. The van der Waals surface area contributed by atoms with E-state index in [9.17, 15) is 9.00 Å². The Kier molecular flexibility index (Phi) is 9.13. The number of carbonyl (C=O) groups excluding carboxylic acids is 1. The van der Waals surface area contributed by atoms with Gasteiger partial charge in [0.05, 0.1) is 25.2 Å². The highest BCUT2D eigenvalue weighted by atomic mass is 32.2. The molecule has 0 saturated carbocycles. The molecule has 6 nitrogen and oxygen atoms in total. The second-order valence-corrected chi connectivity index (χ2v) is 11.0. The molecule has 0 radical (unpaired) electrons. The fraction of sp³-hybridized carbons (Fsp3) is 0.593. The summed E-state index contributed by atoms with van der Waals surface area (Å²) >= 11 is 0. The van der Waals surface area contributed by atoms with Crippen LogP contribution in [0, 0.1) is 12.3 Å². The van der Waals surface area contributed by atoms with E-state index in [2.05, 4.69) is 31.4 Å². The van der Waals surface area contributed by atoms with Gasteiger partial charge in [-0.15, -0.1) is 0 Å². The first kappa shape index (κ1) is 26.6. The normalized spacial score (nSPS) is 18.4. The Morgan fingerprint density at radius 1 is 1.18 bits per heavy atom. The fourth-order valence-electron chi connectivity index (χ4n) is 4.93. The molecule has 4 rings (SSSR count). The molecule has 1 fully saturated rings. The molecule has 0 bridgehead atoms. The number of aromatic nitrogens is 1. The van der Waals surface area contributed by atoms with E-state index >= 15 is 0 Å². The number of hydrogen-bond acceptors (Lipinski definition) is 4. The molecule has 1 aromatic heterocycles.